The average Bonchev–Trinajstić information content (AvgIpc) is 3.58. The van der Waals surface area contributed by atoms with Gasteiger partial charge in [-0.1, -0.05) is 56.3 Å². The van der Waals surface area contributed by atoms with Crippen LogP contribution in [0.5, 0.6) is 17.2 Å². The Balaban J connectivity index is 1.03. The van der Waals surface area contributed by atoms with Gasteiger partial charge < -0.3 is 9.47 Å². The Kier molecular flexibility index (Phi) is 7.00. The molecule has 3 aromatic carbocycles. The lowest BCUT2D eigenvalue weighted by molar-refractivity contribution is -0.130. The van der Waals surface area contributed by atoms with Gasteiger partial charge in [-0.2, -0.15) is 0 Å². The van der Waals surface area contributed by atoms with Crippen molar-refractivity contribution in [2.45, 2.75) is 109 Å². The monoisotopic (exact) mass is 628 g/mol. The molecule has 6 aliphatic rings. The Bertz CT molecular complexity index is 1740. The van der Waals surface area contributed by atoms with E-state index >= 15 is 0 Å². The van der Waals surface area contributed by atoms with Crippen molar-refractivity contribution < 1.29 is 19.1 Å². The maximum Gasteiger partial charge on any atom is 0.172 e. The first-order chi connectivity index (χ1) is 22.8. The maximum absolute atomic E-state index is 12.9. The quantitative estimate of drug-likeness (QED) is 0.282. The minimum atomic E-state index is -0.122. The first-order valence-electron chi connectivity index (χ1n) is 18.5. The zero-order valence-electron chi connectivity index (χ0n) is 28.1. The predicted octanol–water partition coefficient (Wildman–Crippen LogP) is 9.91. The molecule has 0 aromatic heterocycles. The number of carbonyl (C=O) groups excluding carboxylic acids is 2. The standard InChI is InChI=1S/C43H48O4/c1-42-22-20-31-29-11-9-28(24-27(29)8-10-33(31)36(42)15-18-39(42)44)47-41-35-13-12-34-32(21-23-43(2)37(34)16-19-40(43)45)30(35)14-17-38(41)46-25-26-6-4-3-5-7-26/h3-7,9,11,14,17,24,31-34,36-37H,8,10,12-13,15-16,18-23,25H2,1-2H3/t31-,32-,33-,34-,36+,37+,42+,43+/m1/s1. The third kappa shape index (κ3) is 4.60. The van der Waals surface area contributed by atoms with E-state index < -0.39 is 0 Å². The number of rotatable bonds is 5. The number of Topliss-reactive ketones (excluding diaryl/α,β-unsaturated/α-hetero) is 2. The first kappa shape index (κ1) is 29.7. The van der Waals surface area contributed by atoms with Crippen LogP contribution in [0.15, 0.2) is 60.7 Å². The Morgan fingerprint density at radius 3 is 2.02 bits per heavy atom. The number of fused-ring (bicyclic) bond motifs is 10. The summed E-state index contributed by atoms with van der Waals surface area (Å²) in [4.78, 5) is 25.8. The van der Waals surface area contributed by atoms with Crippen molar-refractivity contribution in [1.29, 1.82) is 0 Å². The van der Waals surface area contributed by atoms with Gasteiger partial charge in [0.2, 0.25) is 0 Å². The molecule has 47 heavy (non-hydrogen) atoms. The molecule has 8 atom stereocenters. The Labute approximate surface area is 279 Å². The zero-order valence-corrected chi connectivity index (χ0v) is 28.1. The van der Waals surface area contributed by atoms with Crippen LogP contribution in [0.2, 0.25) is 0 Å². The molecule has 244 valence electrons. The Morgan fingerprint density at radius 1 is 0.681 bits per heavy atom. The highest BCUT2D eigenvalue weighted by atomic mass is 16.5. The molecule has 0 amide bonds. The second-order valence-electron chi connectivity index (χ2n) is 16.4. The molecule has 0 saturated heterocycles. The molecule has 4 heteroatoms. The largest absolute Gasteiger partial charge is 0.485 e. The van der Waals surface area contributed by atoms with Gasteiger partial charge in [-0.3, -0.25) is 9.59 Å². The minimum Gasteiger partial charge on any atom is -0.485 e. The molecule has 3 aromatic rings. The number of ketones is 2. The van der Waals surface area contributed by atoms with Gasteiger partial charge in [-0.05, 0) is 140 Å². The average molecular weight is 629 g/mol. The van der Waals surface area contributed by atoms with Gasteiger partial charge >= 0.3 is 0 Å². The van der Waals surface area contributed by atoms with E-state index in [4.69, 9.17) is 9.47 Å². The number of carbonyl (C=O) groups is 2. The number of benzene rings is 3. The lowest BCUT2D eigenvalue weighted by atomic mass is 9.55. The van der Waals surface area contributed by atoms with E-state index in [2.05, 4.69) is 68.4 Å². The van der Waals surface area contributed by atoms with Gasteiger partial charge in [-0.25, -0.2) is 0 Å². The van der Waals surface area contributed by atoms with Crippen LogP contribution in [0, 0.1) is 34.5 Å². The van der Waals surface area contributed by atoms with Crippen LogP contribution in [-0.2, 0) is 29.0 Å². The molecule has 0 bridgehead atoms. The molecule has 9 rings (SSSR count). The van der Waals surface area contributed by atoms with Crippen LogP contribution in [0.4, 0.5) is 0 Å². The second-order valence-corrected chi connectivity index (χ2v) is 16.4. The molecule has 0 unspecified atom stereocenters. The summed E-state index contributed by atoms with van der Waals surface area (Å²) < 4.78 is 13.5. The summed E-state index contributed by atoms with van der Waals surface area (Å²) in [5, 5.41) is 0. The molecule has 0 N–H and O–H groups in total. The van der Waals surface area contributed by atoms with Gasteiger partial charge in [0, 0.05) is 29.2 Å². The highest BCUT2D eigenvalue weighted by Gasteiger charge is 2.56. The molecule has 4 fully saturated rings. The number of hydrogen-bond acceptors (Lipinski definition) is 4. The van der Waals surface area contributed by atoms with E-state index in [1.54, 1.807) is 0 Å². The third-order valence-electron chi connectivity index (χ3n) is 14.4. The number of hydrogen-bond donors (Lipinski definition) is 0. The van der Waals surface area contributed by atoms with Crippen molar-refractivity contribution in [1.82, 2.24) is 0 Å². The van der Waals surface area contributed by atoms with Crippen LogP contribution in [0.3, 0.4) is 0 Å². The summed E-state index contributed by atoms with van der Waals surface area (Å²) in [6.45, 7) is 5.01. The SMILES string of the molecule is C[C@]12CC[C@@H]3c4ccc(Oc5c(OCc6ccccc6)ccc6c5CC[C@@H]5[C@@H]6CC[C@]6(C)C(=O)CC[C@@H]56)cc4CC[C@H]3[C@@H]1CCC2=O. The van der Waals surface area contributed by atoms with E-state index in [1.807, 2.05) is 6.07 Å². The van der Waals surface area contributed by atoms with E-state index in [9.17, 15) is 9.59 Å². The van der Waals surface area contributed by atoms with Crippen LogP contribution in [0.25, 0.3) is 0 Å². The van der Waals surface area contributed by atoms with E-state index in [0.717, 1.165) is 93.4 Å². The van der Waals surface area contributed by atoms with E-state index in [1.165, 1.54) is 28.7 Å². The fourth-order valence-corrected chi connectivity index (χ4v) is 11.9. The van der Waals surface area contributed by atoms with Crippen molar-refractivity contribution in [3.05, 3.63) is 88.5 Å². The molecule has 4 saturated carbocycles. The lowest BCUT2D eigenvalue weighted by Gasteiger charge is -2.48. The van der Waals surface area contributed by atoms with Crippen molar-refractivity contribution in [3.63, 3.8) is 0 Å². The van der Waals surface area contributed by atoms with Crippen molar-refractivity contribution >= 4 is 11.6 Å². The van der Waals surface area contributed by atoms with Crippen LogP contribution in [-0.4, -0.2) is 11.6 Å². The highest BCUT2D eigenvalue weighted by molar-refractivity contribution is 5.87. The van der Waals surface area contributed by atoms with E-state index in [0.29, 0.717) is 53.7 Å². The summed E-state index contributed by atoms with van der Waals surface area (Å²) in [6, 6.07) is 21.7. The Morgan fingerprint density at radius 2 is 1.32 bits per heavy atom. The van der Waals surface area contributed by atoms with E-state index in [-0.39, 0.29) is 10.8 Å². The predicted molar refractivity (Wildman–Crippen MR) is 183 cm³/mol. The normalized spacial score (nSPS) is 35.2. The summed E-state index contributed by atoms with van der Waals surface area (Å²) >= 11 is 0. The summed E-state index contributed by atoms with van der Waals surface area (Å²) in [7, 11) is 0. The number of aryl methyl sites for hydroxylation is 1. The third-order valence-corrected chi connectivity index (χ3v) is 14.4. The van der Waals surface area contributed by atoms with Gasteiger partial charge in [-0.15, -0.1) is 0 Å². The summed E-state index contributed by atoms with van der Waals surface area (Å²) in [6.07, 6.45) is 12.2. The minimum absolute atomic E-state index is 0.0898. The molecule has 0 aliphatic heterocycles. The van der Waals surface area contributed by atoms with Crippen molar-refractivity contribution in [2.24, 2.45) is 34.5 Å². The fraction of sp³-hybridized carbons (Fsp3) is 0.535. The topological polar surface area (TPSA) is 52.6 Å². The molecular weight excluding hydrogens is 580 g/mol. The van der Waals surface area contributed by atoms with Gasteiger partial charge in [0.25, 0.3) is 0 Å². The van der Waals surface area contributed by atoms with Crippen molar-refractivity contribution in [3.8, 4) is 17.2 Å². The molecule has 6 aliphatic carbocycles. The number of ether oxygens (including phenoxy) is 2. The van der Waals surface area contributed by atoms with Gasteiger partial charge in [0.1, 0.15) is 23.9 Å². The van der Waals surface area contributed by atoms with Gasteiger partial charge in [0.05, 0.1) is 0 Å². The molecule has 0 spiro atoms. The Hall–Kier alpha value is -3.40. The van der Waals surface area contributed by atoms with Gasteiger partial charge in [0.15, 0.2) is 11.5 Å². The summed E-state index contributed by atoms with van der Waals surface area (Å²) in [5.74, 6) is 6.89. The van der Waals surface area contributed by atoms with Crippen LogP contribution in [0.1, 0.15) is 118 Å². The molecule has 4 nitrogen and oxygen atoms in total. The van der Waals surface area contributed by atoms with Crippen LogP contribution < -0.4 is 9.47 Å². The van der Waals surface area contributed by atoms with Crippen molar-refractivity contribution in [2.75, 3.05) is 0 Å². The smallest absolute Gasteiger partial charge is 0.172 e. The maximum atomic E-state index is 12.9. The second kappa shape index (κ2) is 11.1. The summed E-state index contributed by atoms with van der Waals surface area (Å²) in [5.41, 5.74) is 6.57. The molecule has 0 heterocycles. The zero-order chi connectivity index (χ0) is 31.9. The highest BCUT2D eigenvalue weighted by Crippen LogP contribution is 2.62. The molecular formula is C43H48O4. The molecule has 0 radical (unpaired) electrons. The first-order valence-corrected chi connectivity index (χ1v) is 18.5. The fourth-order valence-electron chi connectivity index (χ4n) is 11.9. The van der Waals surface area contributed by atoms with Crippen LogP contribution >= 0.6 is 0 Å². The lowest BCUT2D eigenvalue weighted by Crippen LogP contribution is -2.42.